The summed E-state index contributed by atoms with van der Waals surface area (Å²) in [5, 5.41) is 11.8. The molecule has 0 fully saturated rings. The zero-order valence-corrected chi connectivity index (χ0v) is 26.7. The Labute approximate surface area is 259 Å². The number of anilines is 2. The van der Waals surface area contributed by atoms with Crippen molar-refractivity contribution in [3.63, 3.8) is 0 Å². The second-order valence-electron chi connectivity index (χ2n) is 10.0. The molecule has 1 atom stereocenters. The lowest BCUT2D eigenvalue weighted by molar-refractivity contribution is -0.113. The van der Waals surface area contributed by atoms with Crippen LogP contribution in [0.4, 0.5) is 11.6 Å². The first-order chi connectivity index (χ1) is 20.3. The van der Waals surface area contributed by atoms with Gasteiger partial charge in [0.15, 0.2) is 11.5 Å². The molecule has 0 radical (unpaired) electrons. The highest BCUT2D eigenvalue weighted by molar-refractivity contribution is 9.10. The highest BCUT2D eigenvalue weighted by Crippen LogP contribution is 2.43. The van der Waals surface area contributed by atoms with Gasteiger partial charge in [-0.05, 0) is 90.3 Å². The Kier molecular flexibility index (Phi) is 9.23. The van der Waals surface area contributed by atoms with Crippen LogP contribution in [-0.4, -0.2) is 33.0 Å². The third-order valence-corrected chi connectivity index (χ3v) is 8.09. The second kappa shape index (κ2) is 13.0. The molecule has 1 aliphatic rings. The molecule has 4 aromatic rings. The van der Waals surface area contributed by atoms with Crippen LogP contribution >= 0.6 is 27.7 Å². The number of fused-ring (bicyclic) bond motifs is 1. The van der Waals surface area contributed by atoms with E-state index in [4.69, 9.17) is 19.6 Å². The number of aryl methyl sites for hydroxylation is 2. The number of allylic oxidation sites excluding steroid dienone is 1. The number of aromatic nitrogens is 3. The molecule has 42 heavy (non-hydrogen) atoms. The fourth-order valence-corrected chi connectivity index (χ4v) is 5.96. The van der Waals surface area contributed by atoms with Crippen LogP contribution in [0.15, 0.2) is 81.6 Å². The van der Waals surface area contributed by atoms with E-state index in [2.05, 4.69) is 64.7 Å². The number of amides is 1. The number of ether oxygens (including phenoxy) is 2. The van der Waals surface area contributed by atoms with Gasteiger partial charge in [-0.3, -0.25) is 4.79 Å². The van der Waals surface area contributed by atoms with Gasteiger partial charge in [0.2, 0.25) is 11.1 Å². The molecule has 0 spiro atoms. The third kappa shape index (κ3) is 6.50. The summed E-state index contributed by atoms with van der Waals surface area (Å²) < 4.78 is 14.8. The SMILES string of the molecule is CCOc1cc(C2C(C(=O)Nc3cccc(C)c3)=C(C)Nc3nc(SCC)nn32)cc(Br)c1OCc1ccc(C)cc1. The van der Waals surface area contributed by atoms with Crippen LogP contribution in [-0.2, 0) is 11.4 Å². The molecule has 5 rings (SSSR count). The molecule has 1 unspecified atom stereocenters. The van der Waals surface area contributed by atoms with Gasteiger partial charge in [-0.1, -0.05) is 60.6 Å². The Hall–Kier alpha value is -3.76. The number of benzene rings is 3. The summed E-state index contributed by atoms with van der Waals surface area (Å²) >= 11 is 5.28. The fraction of sp³-hybridized carbons (Fsp3) is 0.281. The van der Waals surface area contributed by atoms with Crippen molar-refractivity contribution in [3.05, 3.63) is 98.7 Å². The summed E-state index contributed by atoms with van der Waals surface area (Å²) in [7, 11) is 0. The predicted molar refractivity (Wildman–Crippen MR) is 172 cm³/mol. The van der Waals surface area contributed by atoms with E-state index in [0.717, 1.165) is 32.6 Å². The summed E-state index contributed by atoms with van der Waals surface area (Å²) in [6.45, 7) is 10.8. The molecular formula is C32H34BrN5O3S. The van der Waals surface area contributed by atoms with Crippen molar-refractivity contribution in [3.8, 4) is 11.5 Å². The van der Waals surface area contributed by atoms with Gasteiger partial charge in [0, 0.05) is 11.4 Å². The minimum absolute atomic E-state index is 0.227. The number of hydrogen-bond donors (Lipinski definition) is 2. The third-order valence-electron chi connectivity index (χ3n) is 6.78. The van der Waals surface area contributed by atoms with Crippen molar-refractivity contribution < 1.29 is 14.3 Å². The number of halogens is 1. The Morgan fingerprint density at radius 1 is 1.05 bits per heavy atom. The molecule has 1 amide bonds. The first kappa shape index (κ1) is 29.7. The molecule has 10 heteroatoms. The first-order valence-electron chi connectivity index (χ1n) is 13.9. The lowest BCUT2D eigenvalue weighted by atomic mass is 9.94. The molecule has 1 aliphatic heterocycles. The number of carbonyl (C=O) groups excluding carboxylic acids is 1. The predicted octanol–water partition coefficient (Wildman–Crippen LogP) is 7.67. The van der Waals surface area contributed by atoms with Gasteiger partial charge in [0.25, 0.3) is 5.91 Å². The molecule has 2 heterocycles. The topological polar surface area (TPSA) is 90.3 Å². The summed E-state index contributed by atoms with van der Waals surface area (Å²) in [4.78, 5) is 18.6. The number of nitrogens with one attached hydrogen (secondary N) is 2. The molecular weight excluding hydrogens is 614 g/mol. The van der Waals surface area contributed by atoms with Gasteiger partial charge >= 0.3 is 0 Å². The maximum Gasteiger partial charge on any atom is 0.255 e. The molecule has 0 bridgehead atoms. The van der Waals surface area contributed by atoms with Crippen LogP contribution in [0.5, 0.6) is 11.5 Å². The van der Waals surface area contributed by atoms with Crippen LogP contribution in [0.3, 0.4) is 0 Å². The molecule has 0 saturated heterocycles. The van der Waals surface area contributed by atoms with E-state index in [-0.39, 0.29) is 5.91 Å². The fourth-order valence-electron chi connectivity index (χ4n) is 4.83. The number of carbonyl (C=O) groups is 1. The van der Waals surface area contributed by atoms with Gasteiger partial charge in [0.1, 0.15) is 12.6 Å². The molecule has 2 N–H and O–H groups in total. The van der Waals surface area contributed by atoms with Gasteiger partial charge in [0.05, 0.1) is 16.7 Å². The smallest absolute Gasteiger partial charge is 0.255 e. The normalized spacial score (nSPS) is 14.3. The van der Waals surface area contributed by atoms with Crippen molar-refractivity contribution in [2.75, 3.05) is 23.0 Å². The molecule has 0 aliphatic carbocycles. The van der Waals surface area contributed by atoms with Gasteiger partial charge in [-0.25, -0.2) is 4.68 Å². The molecule has 218 valence electrons. The van der Waals surface area contributed by atoms with E-state index in [1.807, 2.05) is 57.2 Å². The Balaban J connectivity index is 1.56. The van der Waals surface area contributed by atoms with E-state index < -0.39 is 6.04 Å². The number of nitrogens with zero attached hydrogens (tertiary/aromatic N) is 3. The zero-order valence-electron chi connectivity index (χ0n) is 24.3. The Morgan fingerprint density at radius 2 is 1.83 bits per heavy atom. The van der Waals surface area contributed by atoms with Crippen LogP contribution < -0.4 is 20.1 Å². The van der Waals surface area contributed by atoms with Crippen molar-refractivity contribution >= 4 is 45.2 Å². The second-order valence-corrected chi connectivity index (χ2v) is 12.1. The molecule has 3 aromatic carbocycles. The summed E-state index contributed by atoms with van der Waals surface area (Å²) in [6, 6.07) is 19.3. The average molecular weight is 649 g/mol. The highest BCUT2D eigenvalue weighted by atomic mass is 79.9. The van der Waals surface area contributed by atoms with Crippen LogP contribution in [0.25, 0.3) is 0 Å². The number of rotatable bonds is 10. The Bertz CT molecular complexity index is 1630. The lowest BCUT2D eigenvalue weighted by Gasteiger charge is -2.29. The number of thioether (sulfide) groups is 1. The minimum Gasteiger partial charge on any atom is -0.490 e. The zero-order chi connectivity index (χ0) is 29.8. The maximum absolute atomic E-state index is 13.9. The van der Waals surface area contributed by atoms with E-state index in [1.54, 1.807) is 16.4 Å². The highest BCUT2D eigenvalue weighted by Gasteiger charge is 2.35. The standard InChI is InChI=1S/C32H34BrN5O3S/c1-6-40-26-17-23(16-25(33)29(26)41-18-22-13-11-19(3)12-14-22)28-27(30(39)35-24-10-8-9-20(4)15-24)21(5)34-31-36-32(42-7-2)37-38(28)31/h8-17,28H,6-7,18H2,1-5H3,(H,35,39)(H,34,36,37). The molecule has 1 aromatic heterocycles. The van der Waals surface area contributed by atoms with E-state index >= 15 is 0 Å². The number of hydrogen-bond acceptors (Lipinski definition) is 7. The van der Waals surface area contributed by atoms with Gasteiger partial charge in [-0.15, -0.1) is 5.10 Å². The maximum atomic E-state index is 13.9. The minimum atomic E-state index is -0.564. The van der Waals surface area contributed by atoms with Crippen molar-refractivity contribution in [2.45, 2.75) is 52.4 Å². The monoisotopic (exact) mass is 647 g/mol. The Morgan fingerprint density at radius 3 is 2.55 bits per heavy atom. The molecule has 0 saturated carbocycles. The van der Waals surface area contributed by atoms with Crippen LogP contribution in [0, 0.1) is 13.8 Å². The average Bonchev–Trinajstić information content (AvgIpc) is 3.34. The largest absolute Gasteiger partial charge is 0.490 e. The first-order valence-corrected chi connectivity index (χ1v) is 15.6. The van der Waals surface area contributed by atoms with Crippen molar-refractivity contribution in [1.82, 2.24) is 14.8 Å². The quantitative estimate of drug-likeness (QED) is 0.171. The lowest BCUT2D eigenvalue weighted by Crippen LogP contribution is -2.31. The van der Waals surface area contributed by atoms with Gasteiger partial charge < -0.3 is 20.1 Å². The van der Waals surface area contributed by atoms with E-state index in [0.29, 0.717) is 47.1 Å². The van der Waals surface area contributed by atoms with Gasteiger partial charge in [-0.2, -0.15) is 4.98 Å². The summed E-state index contributed by atoms with van der Waals surface area (Å²) in [5.74, 6) is 2.36. The molecule has 8 nitrogen and oxygen atoms in total. The summed E-state index contributed by atoms with van der Waals surface area (Å²) in [5.41, 5.74) is 6.07. The van der Waals surface area contributed by atoms with E-state index in [9.17, 15) is 4.79 Å². The van der Waals surface area contributed by atoms with Crippen LogP contribution in [0.2, 0.25) is 0 Å². The summed E-state index contributed by atoms with van der Waals surface area (Å²) in [6.07, 6.45) is 0. The van der Waals surface area contributed by atoms with Crippen molar-refractivity contribution in [2.24, 2.45) is 0 Å². The van der Waals surface area contributed by atoms with E-state index in [1.165, 1.54) is 5.56 Å². The van der Waals surface area contributed by atoms with Crippen LogP contribution in [0.1, 0.15) is 49.1 Å². The van der Waals surface area contributed by atoms with Crippen molar-refractivity contribution in [1.29, 1.82) is 0 Å².